The molecule has 0 fully saturated rings. The molecule has 2 aromatic carbocycles. The van der Waals surface area contributed by atoms with Crippen LogP contribution in [0.3, 0.4) is 0 Å². The molecule has 0 spiro atoms. The van der Waals surface area contributed by atoms with Crippen molar-refractivity contribution >= 4 is 20.9 Å². The first-order chi connectivity index (χ1) is 12.9. The van der Waals surface area contributed by atoms with Gasteiger partial charge in [0.05, 0.1) is 0 Å². The molecule has 156 valence electrons. The third-order valence-corrected chi connectivity index (χ3v) is 6.17. The molecule has 0 saturated heterocycles. The maximum absolute atomic E-state index is 12.6. The molecule has 0 atom stereocenters. The highest BCUT2D eigenvalue weighted by molar-refractivity contribution is 7.86. The third kappa shape index (κ3) is 4.60. The van der Waals surface area contributed by atoms with Gasteiger partial charge in [0.1, 0.15) is 4.90 Å². The fourth-order valence-electron chi connectivity index (χ4n) is 4.45. The highest BCUT2D eigenvalue weighted by Gasteiger charge is 2.29. The summed E-state index contributed by atoms with van der Waals surface area (Å²) >= 11 is 0. The topological polar surface area (TPSA) is 54.4 Å². The summed E-state index contributed by atoms with van der Waals surface area (Å²) in [5.41, 5.74) is 4.31. The number of rotatable bonds is 7. The normalized spacial score (nSPS) is 12.9. The first-order valence-corrected chi connectivity index (χ1v) is 11.9. The lowest BCUT2D eigenvalue weighted by Crippen LogP contribution is -2.15. The molecule has 1 N–H and O–H groups in total. The average molecular weight is 405 g/mol. The molecule has 2 aromatic rings. The first kappa shape index (κ1) is 22.9. The Hall–Kier alpha value is -1.39. The van der Waals surface area contributed by atoms with Gasteiger partial charge in [0.2, 0.25) is 0 Å². The summed E-state index contributed by atoms with van der Waals surface area (Å²) in [6.07, 6.45) is 1.77. The predicted octanol–water partition coefficient (Wildman–Crippen LogP) is 6.73. The lowest BCUT2D eigenvalue weighted by molar-refractivity contribution is 0.482. The monoisotopic (exact) mass is 404 g/mol. The van der Waals surface area contributed by atoms with Crippen LogP contribution in [0.5, 0.6) is 0 Å². The quantitative estimate of drug-likeness (QED) is 0.520. The van der Waals surface area contributed by atoms with Crippen LogP contribution < -0.4 is 0 Å². The van der Waals surface area contributed by atoms with Gasteiger partial charge in [-0.2, -0.15) is 8.42 Å². The van der Waals surface area contributed by atoms with Crippen molar-refractivity contribution in [2.45, 2.75) is 85.0 Å². The van der Waals surface area contributed by atoms with Crippen molar-refractivity contribution in [1.29, 1.82) is 0 Å². The molecule has 0 saturated carbocycles. The molecule has 0 unspecified atom stereocenters. The molecule has 2 rings (SSSR count). The van der Waals surface area contributed by atoms with Crippen molar-refractivity contribution in [3.8, 4) is 0 Å². The van der Waals surface area contributed by atoms with Gasteiger partial charge in [0.15, 0.2) is 0 Å². The maximum atomic E-state index is 12.6. The second kappa shape index (κ2) is 8.54. The van der Waals surface area contributed by atoms with Crippen molar-refractivity contribution in [3.63, 3.8) is 0 Å². The van der Waals surface area contributed by atoms with E-state index >= 15 is 0 Å². The van der Waals surface area contributed by atoms with Crippen LogP contribution in [0, 0.1) is 11.8 Å². The zero-order valence-corrected chi connectivity index (χ0v) is 19.4. The van der Waals surface area contributed by atoms with Gasteiger partial charge in [-0.1, -0.05) is 73.6 Å². The number of fused-ring (bicyclic) bond motifs is 1. The van der Waals surface area contributed by atoms with E-state index in [1.165, 1.54) is 11.1 Å². The molecule has 3 nitrogen and oxygen atoms in total. The molecule has 0 aliphatic rings. The number of benzene rings is 2. The van der Waals surface area contributed by atoms with Gasteiger partial charge in [0, 0.05) is 5.39 Å². The summed E-state index contributed by atoms with van der Waals surface area (Å²) in [5.74, 6) is 1.07. The van der Waals surface area contributed by atoms with Crippen molar-refractivity contribution in [3.05, 3.63) is 40.5 Å². The SMILES string of the molecule is CC(C)Cc1cccc2c(S(=O)(=O)O)c(C(C)C)c(C(C)C)c(CC(C)C)c12. The minimum atomic E-state index is -4.35. The van der Waals surface area contributed by atoms with Gasteiger partial charge < -0.3 is 0 Å². The van der Waals surface area contributed by atoms with Crippen LogP contribution in [-0.4, -0.2) is 13.0 Å². The zero-order chi connectivity index (χ0) is 21.4. The van der Waals surface area contributed by atoms with Crippen molar-refractivity contribution in [2.75, 3.05) is 0 Å². The van der Waals surface area contributed by atoms with Crippen LogP contribution in [0.1, 0.15) is 89.5 Å². The molecule has 0 heterocycles. The van der Waals surface area contributed by atoms with Gasteiger partial charge in [-0.05, 0) is 64.2 Å². The van der Waals surface area contributed by atoms with E-state index in [-0.39, 0.29) is 16.7 Å². The molecule has 4 heteroatoms. The van der Waals surface area contributed by atoms with Gasteiger partial charge in [-0.3, -0.25) is 4.55 Å². The summed E-state index contributed by atoms with van der Waals surface area (Å²) < 4.78 is 35.4. The Morgan fingerprint density at radius 1 is 0.821 bits per heavy atom. The van der Waals surface area contributed by atoms with Crippen LogP contribution >= 0.6 is 0 Å². The van der Waals surface area contributed by atoms with Crippen LogP contribution in [-0.2, 0) is 23.0 Å². The van der Waals surface area contributed by atoms with E-state index in [0.717, 1.165) is 29.4 Å². The second-order valence-electron chi connectivity index (χ2n) is 9.46. The fourth-order valence-corrected chi connectivity index (χ4v) is 5.52. The summed E-state index contributed by atoms with van der Waals surface area (Å²) in [7, 11) is -4.35. The van der Waals surface area contributed by atoms with Gasteiger partial charge >= 0.3 is 0 Å². The molecule has 0 aliphatic carbocycles. The maximum Gasteiger partial charge on any atom is 0.295 e. The Morgan fingerprint density at radius 2 is 1.36 bits per heavy atom. The van der Waals surface area contributed by atoms with Crippen LogP contribution in [0.15, 0.2) is 23.1 Å². The van der Waals surface area contributed by atoms with E-state index in [0.29, 0.717) is 17.2 Å². The van der Waals surface area contributed by atoms with E-state index in [4.69, 9.17) is 0 Å². The smallest absolute Gasteiger partial charge is 0.282 e. The third-order valence-electron chi connectivity index (χ3n) is 5.21. The van der Waals surface area contributed by atoms with E-state index in [1.807, 2.05) is 26.0 Å². The lowest BCUT2D eigenvalue weighted by atomic mass is 9.79. The molecule has 0 radical (unpaired) electrons. The molecule has 28 heavy (non-hydrogen) atoms. The van der Waals surface area contributed by atoms with E-state index in [1.54, 1.807) is 0 Å². The summed E-state index contributed by atoms with van der Waals surface area (Å²) in [6.45, 7) is 17.0. The van der Waals surface area contributed by atoms with Crippen molar-refractivity contribution < 1.29 is 13.0 Å². The standard InChI is InChI=1S/C24H36O3S/c1-14(2)12-18-10-9-11-19-23(18)20(13-15(3)4)21(16(5)6)22(17(7)8)24(19)28(25,26)27/h9-11,14-17H,12-13H2,1-8H3,(H,25,26,27). The van der Waals surface area contributed by atoms with Crippen LogP contribution in [0.2, 0.25) is 0 Å². The number of hydrogen-bond acceptors (Lipinski definition) is 2. The van der Waals surface area contributed by atoms with Gasteiger partial charge in [-0.25, -0.2) is 0 Å². The summed E-state index contributed by atoms with van der Waals surface area (Å²) in [5, 5.41) is 1.70. The Bertz CT molecular complexity index is 952. The van der Waals surface area contributed by atoms with E-state index in [9.17, 15) is 13.0 Å². The highest BCUT2D eigenvalue weighted by Crippen LogP contribution is 2.43. The zero-order valence-electron chi connectivity index (χ0n) is 18.6. The molecule has 0 aromatic heterocycles. The average Bonchev–Trinajstić information content (AvgIpc) is 2.51. The molecule has 0 bridgehead atoms. The molecule has 0 aliphatic heterocycles. The first-order valence-electron chi connectivity index (χ1n) is 10.4. The summed E-state index contributed by atoms with van der Waals surface area (Å²) in [6, 6.07) is 5.90. The van der Waals surface area contributed by atoms with Crippen molar-refractivity contribution in [1.82, 2.24) is 0 Å². The fraction of sp³-hybridized carbons (Fsp3) is 0.583. The lowest BCUT2D eigenvalue weighted by Gasteiger charge is -2.28. The summed E-state index contributed by atoms with van der Waals surface area (Å²) in [4.78, 5) is 0.110. The predicted molar refractivity (Wildman–Crippen MR) is 119 cm³/mol. The number of hydrogen-bond donors (Lipinski definition) is 1. The largest absolute Gasteiger partial charge is 0.295 e. The van der Waals surface area contributed by atoms with Crippen LogP contribution in [0.25, 0.3) is 10.8 Å². The van der Waals surface area contributed by atoms with E-state index in [2.05, 4.69) is 47.6 Å². The minimum absolute atomic E-state index is 0.00149. The molecule has 0 amide bonds. The Kier molecular flexibility index (Phi) is 6.99. The van der Waals surface area contributed by atoms with Crippen molar-refractivity contribution in [2.24, 2.45) is 11.8 Å². The van der Waals surface area contributed by atoms with Crippen LogP contribution in [0.4, 0.5) is 0 Å². The minimum Gasteiger partial charge on any atom is -0.282 e. The molecular weight excluding hydrogens is 368 g/mol. The second-order valence-corrected chi connectivity index (χ2v) is 10.8. The highest BCUT2D eigenvalue weighted by atomic mass is 32.2. The Labute approximate surface area is 171 Å². The Balaban J connectivity index is 3.21. The Morgan fingerprint density at radius 3 is 1.79 bits per heavy atom. The molecular formula is C24H36O3S. The van der Waals surface area contributed by atoms with Gasteiger partial charge in [0.25, 0.3) is 10.1 Å². The van der Waals surface area contributed by atoms with E-state index < -0.39 is 10.1 Å². The van der Waals surface area contributed by atoms with Gasteiger partial charge in [-0.15, -0.1) is 0 Å².